The number of aliphatic carboxylic acids is 1. The summed E-state index contributed by atoms with van der Waals surface area (Å²) < 4.78 is 10.9. The second-order valence-corrected chi connectivity index (χ2v) is 5.48. The molecular weight excluding hydrogens is 288 g/mol. The molecule has 2 aliphatic rings. The minimum Gasteiger partial charge on any atom is -0.480 e. The van der Waals surface area contributed by atoms with Crippen LogP contribution in [0.15, 0.2) is 18.3 Å². The molecule has 2 fully saturated rings. The number of carbonyl (C=O) groups excluding carboxylic acids is 1. The molecular formula is C15H18N2O5. The van der Waals surface area contributed by atoms with Crippen LogP contribution in [0.3, 0.4) is 0 Å². The summed E-state index contributed by atoms with van der Waals surface area (Å²) >= 11 is 0. The molecule has 0 spiro atoms. The van der Waals surface area contributed by atoms with Crippen LogP contribution < -0.4 is 4.74 Å². The molecule has 22 heavy (non-hydrogen) atoms. The Kier molecular flexibility index (Phi) is 4.24. The molecule has 7 nitrogen and oxygen atoms in total. The molecule has 0 bridgehead atoms. The number of likely N-dealkylation sites (tertiary alicyclic amines) is 1. The Labute approximate surface area is 127 Å². The van der Waals surface area contributed by atoms with Gasteiger partial charge in [0.15, 0.2) is 0 Å². The van der Waals surface area contributed by atoms with Crippen molar-refractivity contribution in [3.05, 3.63) is 23.9 Å². The molecule has 2 aliphatic heterocycles. The number of hydrogen-bond acceptors (Lipinski definition) is 5. The third-order valence-electron chi connectivity index (χ3n) is 3.96. The second kappa shape index (κ2) is 6.31. The molecule has 2 atom stereocenters. The number of aromatic nitrogens is 1. The van der Waals surface area contributed by atoms with Gasteiger partial charge in [-0.05, 0) is 18.9 Å². The largest absolute Gasteiger partial charge is 0.480 e. The summed E-state index contributed by atoms with van der Waals surface area (Å²) in [7, 11) is 0. The number of carbonyl (C=O) groups is 2. The lowest BCUT2D eigenvalue weighted by Crippen LogP contribution is -2.40. The van der Waals surface area contributed by atoms with Gasteiger partial charge < -0.3 is 19.5 Å². The third kappa shape index (κ3) is 3.04. The molecule has 0 aliphatic carbocycles. The molecule has 118 valence electrons. The lowest BCUT2D eigenvalue weighted by molar-refractivity contribution is -0.141. The van der Waals surface area contributed by atoms with E-state index in [9.17, 15) is 14.7 Å². The Morgan fingerprint density at radius 1 is 1.41 bits per heavy atom. The van der Waals surface area contributed by atoms with Gasteiger partial charge in [0.2, 0.25) is 5.88 Å². The molecule has 3 rings (SSSR count). The fourth-order valence-electron chi connectivity index (χ4n) is 2.82. The summed E-state index contributed by atoms with van der Waals surface area (Å²) in [6.07, 6.45) is 3.46. The monoisotopic (exact) mass is 306 g/mol. The van der Waals surface area contributed by atoms with Crippen LogP contribution in [0, 0.1) is 0 Å². The zero-order valence-electron chi connectivity index (χ0n) is 12.1. The van der Waals surface area contributed by atoms with E-state index in [1.807, 2.05) is 0 Å². The van der Waals surface area contributed by atoms with Gasteiger partial charge in [-0.3, -0.25) is 4.79 Å². The van der Waals surface area contributed by atoms with Crippen molar-refractivity contribution in [2.24, 2.45) is 0 Å². The number of rotatable bonds is 4. The van der Waals surface area contributed by atoms with Crippen LogP contribution in [0.5, 0.6) is 5.88 Å². The Morgan fingerprint density at radius 3 is 3.00 bits per heavy atom. The summed E-state index contributed by atoms with van der Waals surface area (Å²) in [5.74, 6) is -0.883. The van der Waals surface area contributed by atoms with Gasteiger partial charge in [0, 0.05) is 30.8 Å². The van der Waals surface area contributed by atoms with Crippen LogP contribution in [0.1, 0.15) is 29.6 Å². The summed E-state index contributed by atoms with van der Waals surface area (Å²) in [4.78, 5) is 29.2. The first kappa shape index (κ1) is 14.8. The molecule has 2 unspecified atom stereocenters. The van der Waals surface area contributed by atoms with Crippen molar-refractivity contribution < 1.29 is 24.2 Å². The minimum absolute atomic E-state index is 0.0450. The predicted molar refractivity (Wildman–Crippen MR) is 75.8 cm³/mol. The van der Waals surface area contributed by atoms with E-state index in [1.165, 1.54) is 11.1 Å². The van der Waals surface area contributed by atoms with Gasteiger partial charge in [0.05, 0.1) is 13.2 Å². The Bertz CT molecular complexity index is 571. The van der Waals surface area contributed by atoms with E-state index in [4.69, 9.17) is 9.47 Å². The Hall–Kier alpha value is -2.15. The molecule has 1 N–H and O–H groups in total. The van der Waals surface area contributed by atoms with Crippen LogP contribution in [0.2, 0.25) is 0 Å². The first-order chi connectivity index (χ1) is 10.6. The number of carboxylic acids is 1. The summed E-state index contributed by atoms with van der Waals surface area (Å²) in [5, 5.41) is 9.18. The first-order valence-corrected chi connectivity index (χ1v) is 7.39. The van der Waals surface area contributed by atoms with Gasteiger partial charge in [-0.2, -0.15) is 0 Å². The van der Waals surface area contributed by atoms with E-state index >= 15 is 0 Å². The van der Waals surface area contributed by atoms with Crippen molar-refractivity contribution in [2.75, 3.05) is 19.8 Å². The zero-order chi connectivity index (χ0) is 15.5. The highest BCUT2D eigenvalue weighted by Gasteiger charge is 2.34. The summed E-state index contributed by atoms with van der Waals surface area (Å²) in [5.41, 5.74) is 0.400. The topological polar surface area (TPSA) is 89.0 Å². The number of pyridine rings is 1. The van der Waals surface area contributed by atoms with E-state index in [-0.39, 0.29) is 12.0 Å². The molecule has 3 heterocycles. The van der Waals surface area contributed by atoms with E-state index in [0.717, 1.165) is 6.42 Å². The lowest BCUT2D eigenvalue weighted by Gasteiger charge is -2.21. The van der Waals surface area contributed by atoms with E-state index in [0.29, 0.717) is 44.0 Å². The molecule has 1 aromatic rings. The van der Waals surface area contributed by atoms with Crippen molar-refractivity contribution in [3.8, 4) is 5.88 Å². The van der Waals surface area contributed by atoms with E-state index in [1.54, 1.807) is 12.1 Å². The van der Waals surface area contributed by atoms with E-state index in [2.05, 4.69) is 4.98 Å². The van der Waals surface area contributed by atoms with Crippen molar-refractivity contribution in [2.45, 2.75) is 31.4 Å². The van der Waals surface area contributed by atoms with Gasteiger partial charge >= 0.3 is 5.97 Å². The zero-order valence-corrected chi connectivity index (χ0v) is 12.1. The quantitative estimate of drug-likeness (QED) is 0.890. The summed E-state index contributed by atoms with van der Waals surface area (Å²) in [6.45, 7) is 1.65. The van der Waals surface area contributed by atoms with Crippen molar-refractivity contribution >= 4 is 11.9 Å². The van der Waals surface area contributed by atoms with Crippen molar-refractivity contribution in [1.29, 1.82) is 0 Å². The van der Waals surface area contributed by atoms with Crippen LogP contribution in [0.4, 0.5) is 0 Å². The highest BCUT2D eigenvalue weighted by Crippen LogP contribution is 2.22. The number of nitrogens with zero attached hydrogens (tertiary/aromatic N) is 2. The average Bonchev–Trinajstić information content (AvgIpc) is 3.17. The third-order valence-corrected chi connectivity index (χ3v) is 3.96. The molecule has 0 radical (unpaired) electrons. The van der Waals surface area contributed by atoms with Crippen LogP contribution in [0.25, 0.3) is 0 Å². The smallest absolute Gasteiger partial charge is 0.326 e. The molecule has 2 saturated heterocycles. The Morgan fingerprint density at radius 2 is 2.27 bits per heavy atom. The minimum atomic E-state index is -0.959. The fourth-order valence-corrected chi connectivity index (χ4v) is 2.82. The van der Waals surface area contributed by atoms with Gasteiger partial charge in [0.25, 0.3) is 5.91 Å². The van der Waals surface area contributed by atoms with Gasteiger partial charge in [-0.25, -0.2) is 9.78 Å². The normalized spacial score (nSPS) is 24.5. The molecule has 1 amide bonds. The van der Waals surface area contributed by atoms with Gasteiger partial charge in [-0.15, -0.1) is 0 Å². The van der Waals surface area contributed by atoms with Gasteiger partial charge in [-0.1, -0.05) is 0 Å². The number of carboxylic acid groups (broad SMARTS) is 1. The molecule has 0 saturated carbocycles. The second-order valence-electron chi connectivity index (χ2n) is 5.48. The molecule has 0 aromatic carbocycles. The maximum atomic E-state index is 12.5. The van der Waals surface area contributed by atoms with Crippen LogP contribution in [-0.2, 0) is 9.53 Å². The average molecular weight is 306 g/mol. The Balaban J connectivity index is 1.73. The maximum Gasteiger partial charge on any atom is 0.326 e. The standard InChI is InChI=1S/C15H18N2O5/c18-14(17-6-1-2-12(17)15(19)20)10-3-5-16-13(8-10)22-11-4-7-21-9-11/h3,5,8,11-12H,1-2,4,6-7,9H2,(H,19,20). The highest BCUT2D eigenvalue weighted by molar-refractivity contribution is 5.97. The highest BCUT2D eigenvalue weighted by atomic mass is 16.5. The van der Waals surface area contributed by atoms with E-state index < -0.39 is 12.0 Å². The summed E-state index contributed by atoms with van der Waals surface area (Å²) in [6, 6.07) is 2.41. The lowest BCUT2D eigenvalue weighted by atomic mass is 10.2. The first-order valence-electron chi connectivity index (χ1n) is 7.39. The van der Waals surface area contributed by atoms with Gasteiger partial charge in [0.1, 0.15) is 12.1 Å². The van der Waals surface area contributed by atoms with Crippen LogP contribution in [-0.4, -0.2) is 58.8 Å². The van der Waals surface area contributed by atoms with Crippen molar-refractivity contribution in [3.63, 3.8) is 0 Å². The van der Waals surface area contributed by atoms with Crippen LogP contribution >= 0.6 is 0 Å². The number of amides is 1. The maximum absolute atomic E-state index is 12.5. The molecule has 7 heteroatoms. The fraction of sp³-hybridized carbons (Fsp3) is 0.533. The SMILES string of the molecule is O=C(O)C1CCCN1C(=O)c1ccnc(OC2CCOC2)c1. The van der Waals surface area contributed by atoms with Crippen molar-refractivity contribution in [1.82, 2.24) is 9.88 Å². The number of ether oxygens (including phenoxy) is 2. The predicted octanol–water partition coefficient (Wildman–Crippen LogP) is 0.938. The number of hydrogen-bond donors (Lipinski definition) is 1. The molecule has 1 aromatic heterocycles.